The van der Waals surface area contributed by atoms with Gasteiger partial charge < -0.3 is 14.6 Å². The van der Waals surface area contributed by atoms with Crippen LogP contribution in [0.5, 0.6) is 0 Å². The molecule has 2 aliphatic heterocycles. The predicted molar refractivity (Wildman–Crippen MR) is 109 cm³/mol. The van der Waals surface area contributed by atoms with Crippen LogP contribution < -0.4 is 0 Å². The molecule has 0 unspecified atom stereocenters. The predicted octanol–water partition coefficient (Wildman–Crippen LogP) is 5.16. The fraction of sp³-hybridized carbons (Fsp3) is 1.00. The average molecular weight is 389 g/mol. The van der Waals surface area contributed by atoms with Gasteiger partial charge in [-0.2, -0.15) is 0 Å². The minimum Gasteiger partial charge on any atom is -0.393 e. The molecule has 11 atom stereocenters. The van der Waals surface area contributed by atoms with Crippen LogP contribution in [0.1, 0.15) is 84.5 Å². The van der Waals surface area contributed by atoms with Crippen molar-refractivity contribution in [2.24, 2.45) is 46.8 Å². The summed E-state index contributed by atoms with van der Waals surface area (Å²) in [7, 11) is 0. The largest absolute Gasteiger partial charge is 0.393 e. The highest BCUT2D eigenvalue weighted by Crippen LogP contribution is 2.68. The molecule has 1 spiro atoms. The summed E-state index contributed by atoms with van der Waals surface area (Å²) in [4.78, 5) is 0. The molecule has 0 aromatic rings. The number of rotatable bonds is 0. The highest BCUT2D eigenvalue weighted by molar-refractivity contribution is 5.13. The lowest BCUT2D eigenvalue weighted by molar-refractivity contribution is -0.256. The van der Waals surface area contributed by atoms with Crippen molar-refractivity contribution >= 4 is 0 Å². The van der Waals surface area contributed by atoms with E-state index in [1.807, 2.05) is 0 Å². The van der Waals surface area contributed by atoms with Gasteiger partial charge in [0.1, 0.15) is 0 Å². The first-order valence-electron chi connectivity index (χ1n) is 12.5. The summed E-state index contributed by atoms with van der Waals surface area (Å²) in [6, 6.07) is 0. The van der Waals surface area contributed by atoms with Gasteiger partial charge in [0, 0.05) is 12.8 Å². The molecule has 4 saturated carbocycles. The maximum Gasteiger partial charge on any atom is 0.169 e. The van der Waals surface area contributed by atoms with E-state index in [4.69, 9.17) is 9.47 Å². The molecule has 2 heterocycles. The van der Waals surface area contributed by atoms with Crippen LogP contribution in [0, 0.1) is 46.8 Å². The lowest BCUT2D eigenvalue weighted by Gasteiger charge is -2.57. The maximum absolute atomic E-state index is 11.4. The van der Waals surface area contributed by atoms with Crippen molar-refractivity contribution in [3.05, 3.63) is 0 Å². The first-order chi connectivity index (χ1) is 13.5. The molecule has 0 aromatic heterocycles. The molecule has 2 saturated heterocycles. The molecule has 0 radical (unpaired) electrons. The number of hydrogen-bond acceptors (Lipinski definition) is 3. The summed E-state index contributed by atoms with van der Waals surface area (Å²) in [5.74, 6) is 4.76. The van der Waals surface area contributed by atoms with Crippen LogP contribution in [0.3, 0.4) is 0 Å². The summed E-state index contributed by atoms with van der Waals surface area (Å²) in [6.45, 7) is 5.66. The van der Waals surface area contributed by atoms with E-state index in [0.29, 0.717) is 23.9 Å². The molecule has 0 amide bonds. The van der Waals surface area contributed by atoms with Crippen molar-refractivity contribution in [2.75, 3.05) is 6.61 Å². The Morgan fingerprint density at radius 2 is 1.79 bits per heavy atom. The van der Waals surface area contributed by atoms with Gasteiger partial charge in [0.05, 0.1) is 18.8 Å². The zero-order valence-electron chi connectivity index (χ0n) is 17.9. The molecule has 0 aromatic carbocycles. The van der Waals surface area contributed by atoms with Gasteiger partial charge in [-0.1, -0.05) is 33.1 Å². The zero-order chi connectivity index (χ0) is 19.1. The normalized spacial score (nSPS) is 60.8. The van der Waals surface area contributed by atoms with E-state index in [2.05, 4.69) is 13.8 Å². The Labute approximate surface area is 170 Å². The number of aliphatic hydroxyl groups is 1. The van der Waals surface area contributed by atoms with Crippen molar-refractivity contribution in [1.29, 1.82) is 0 Å². The van der Waals surface area contributed by atoms with Gasteiger partial charge in [-0.05, 0) is 85.4 Å². The van der Waals surface area contributed by atoms with Crippen LogP contribution in [-0.4, -0.2) is 29.7 Å². The van der Waals surface area contributed by atoms with E-state index in [1.54, 1.807) is 0 Å². The summed E-state index contributed by atoms with van der Waals surface area (Å²) >= 11 is 0. The Bertz CT molecular complexity index is 611. The average Bonchev–Trinajstić information content (AvgIpc) is 3.17. The van der Waals surface area contributed by atoms with Gasteiger partial charge in [0.15, 0.2) is 5.79 Å². The van der Waals surface area contributed by atoms with E-state index < -0.39 is 0 Å². The number of hydrogen-bond donors (Lipinski definition) is 1. The molecular formula is C25H40O3. The third kappa shape index (κ3) is 2.57. The Morgan fingerprint density at radius 1 is 0.929 bits per heavy atom. The summed E-state index contributed by atoms with van der Waals surface area (Å²) in [6.07, 6.45) is 14.3. The second-order valence-electron chi connectivity index (χ2n) is 12.0. The molecule has 3 heteroatoms. The Kier molecular flexibility index (Phi) is 4.28. The van der Waals surface area contributed by atoms with E-state index in [1.165, 1.54) is 51.4 Å². The van der Waals surface area contributed by atoms with Crippen LogP contribution >= 0.6 is 0 Å². The lowest BCUT2D eigenvalue weighted by Crippen LogP contribution is -2.54. The summed E-state index contributed by atoms with van der Waals surface area (Å²) < 4.78 is 13.1. The van der Waals surface area contributed by atoms with Crippen LogP contribution in [-0.2, 0) is 9.47 Å². The third-order valence-corrected chi connectivity index (χ3v) is 10.6. The summed E-state index contributed by atoms with van der Waals surface area (Å²) in [5, 5.41) is 11.4. The van der Waals surface area contributed by atoms with Crippen LogP contribution in [0.2, 0.25) is 0 Å². The minimum absolute atomic E-state index is 0.0836. The Hall–Kier alpha value is -0.120. The molecule has 6 fully saturated rings. The van der Waals surface area contributed by atoms with Crippen molar-refractivity contribution in [3.8, 4) is 0 Å². The van der Waals surface area contributed by atoms with Gasteiger partial charge in [0.2, 0.25) is 0 Å². The number of ether oxygens (including phenoxy) is 2. The minimum atomic E-state index is -0.293. The topological polar surface area (TPSA) is 38.7 Å². The SMILES string of the molecule is C[C@@H]1CC[C@]2(C[C@@H]3[C@H](C[C@@H]4[C@@H]5CC[C@@H]6CCCC[C@@H]6[C@@H]5[C@@H](O)C[C@]43C)O2)OC1. The van der Waals surface area contributed by atoms with Crippen molar-refractivity contribution in [1.82, 2.24) is 0 Å². The monoisotopic (exact) mass is 388 g/mol. The fourth-order valence-electron chi connectivity index (χ4n) is 9.32. The van der Waals surface area contributed by atoms with Gasteiger partial charge in [-0.15, -0.1) is 0 Å². The summed E-state index contributed by atoms with van der Waals surface area (Å²) in [5.41, 5.74) is 0.253. The molecule has 3 nitrogen and oxygen atoms in total. The highest BCUT2D eigenvalue weighted by atomic mass is 16.7. The highest BCUT2D eigenvalue weighted by Gasteiger charge is 2.66. The molecule has 158 valence electrons. The maximum atomic E-state index is 11.4. The molecule has 28 heavy (non-hydrogen) atoms. The second kappa shape index (κ2) is 6.44. The van der Waals surface area contributed by atoms with Gasteiger partial charge in [0.25, 0.3) is 0 Å². The molecule has 1 N–H and O–H groups in total. The van der Waals surface area contributed by atoms with E-state index in [-0.39, 0.29) is 17.3 Å². The molecule has 4 aliphatic carbocycles. The second-order valence-corrected chi connectivity index (χ2v) is 12.0. The van der Waals surface area contributed by atoms with Crippen molar-refractivity contribution < 1.29 is 14.6 Å². The van der Waals surface area contributed by atoms with E-state index >= 15 is 0 Å². The molecular weight excluding hydrogens is 348 g/mol. The quantitative estimate of drug-likeness (QED) is 0.623. The first kappa shape index (κ1) is 18.6. The van der Waals surface area contributed by atoms with Gasteiger partial charge in [-0.3, -0.25) is 0 Å². The number of fused-ring (bicyclic) bond motifs is 7. The van der Waals surface area contributed by atoms with E-state index in [9.17, 15) is 5.11 Å². The van der Waals surface area contributed by atoms with Crippen LogP contribution in [0.4, 0.5) is 0 Å². The van der Waals surface area contributed by atoms with E-state index in [0.717, 1.165) is 49.5 Å². The van der Waals surface area contributed by atoms with Crippen LogP contribution in [0.15, 0.2) is 0 Å². The third-order valence-electron chi connectivity index (χ3n) is 10.6. The van der Waals surface area contributed by atoms with Gasteiger partial charge in [-0.25, -0.2) is 0 Å². The van der Waals surface area contributed by atoms with Crippen molar-refractivity contribution in [3.63, 3.8) is 0 Å². The fourth-order valence-corrected chi connectivity index (χ4v) is 9.32. The Morgan fingerprint density at radius 3 is 2.61 bits per heavy atom. The molecule has 6 aliphatic rings. The lowest BCUT2D eigenvalue weighted by atomic mass is 9.48. The molecule has 6 rings (SSSR count). The van der Waals surface area contributed by atoms with Crippen LogP contribution in [0.25, 0.3) is 0 Å². The smallest absolute Gasteiger partial charge is 0.169 e. The first-order valence-corrected chi connectivity index (χ1v) is 12.5. The Balaban J connectivity index is 1.25. The standard InChI is InChI=1S/C25H40O3/c1-15-9-10-25(27-14-15)12-20-22(28-25)11-19-18-8-7-16-5-3-4-6-17(16)23(18)21(26)13-24(19,20)2/h15-23,26H,3-14H2,1-2H3/t15-,16+,17+,18+,19-,20-,21+,22+,23+,24-,25+/m1/s1. The molecule has 0 bridgehead atoms. The number of aliphatic hydroxyl groups excluding tert-OH is 1. The van der Waals surface area contributed by atoms with Crippen molar-refractivity contribution in [2.45, 2.75) is 102 Å². The zero-order valence-corrected chi connectivity index (χ0v) is 17.9. The van der Waals surface area contributed by atoms with Gasteiger partial charge >= 0.3 is 0 Å².